The molecule has 1 nitrogen and oxygen atoms in total. The summed E-state index contributed by atoms with van der Waals surface area (Å²) in [5.74, 6) is 0. The van der Waals surface area contributed by atoms with Gasteiger partial charge in [0.2, 0.25) is 0 Å². The molecule has 0 aromatic carbocycles. The topological polar surface area (TPSA) is 17.1 Å². The maximum atomic E-state index is 10.3. The van der Waals surface area contributed by atoms with Gasteiger partial charge >= 0.3 is 0 Å². The minimum Gasteiger partial charge on any atom is -0.238 e. The van der Waals surface area contributed by atoms with Gasteiger partial charge in [-0.3, -0.25) is 0 Å². The molecule has 0 amide bonds. The first-order valence-electron chi connectivity index (χ1n) is 1.67. The predicted molar refractivity (Wildman–Crippen MR) is 42.4 cm³/mol. The van der Waals surface area contributed by atoms with E-state index in [1.807, 2.05) is 0 Å². The van der Waals surface area contributed by atoms with E-state index in [1.165, 1.54) is 0 Å². The van der Waals surface area contributed by atoms with Crippen LogP contribution in [0.15, 0.2) is 0 Å². The molecule has 50 valence electrons. The first-order chi connectivity index (χ1) is 3.72. The molecule has 0 saturated heterocycles. The summed E-state index contributed by atoms with van der Waals surface area (Å²) in [7, 11) is 3.00. The fourth-order valence-corrected chi connectivity index (χ4v) is 4.93. The molecule has 1 atom stereocenters. The molecule has 0 fully saturated rings. The van der Waals surface area contributed by atoms with Gasteiger partial charge in [0.25, 0.3) is 0 Å². The first kappa shape index (κ1) is 9.45. The predicted octanol–water partition coefficient (Wildman–Crippen LogP) is 2.68. The molecule has 0 saturated carbocycles. The second-order valence-corrected chi connectivity index (χ2v) is 8.25. The number of halogens is 3. The molecule has 0 N–H and O–H groups in total. The second-order valence-electron chi connectivity index (χ2n) is 0.927. The molecule has 6 heteroatoms. The minimum atomic E-state index is -1.33. The van der Waals surface area contributed by atoms with Crippen LogP contribution in [0.4, 0.5) is 0 Å². The number of alkyl halides is 2. The zero-order chi connectivity index (χ0) is 6.57. The highest BCUT2D eigenvalue weighted by molar-refractivity contribution is 8.57. The molecule has 0 spiro atoms. The van der Waals surface area contributed by atoms with E-state index in [0.717, 1.165) is 0 Å². The van der Waals surface area contributed by atoms with E-state index in [9.17, 15) is 4.21 Å². The summed E-state index contributed by atoms with van der Waals surface area (Å²) in [6, 6.07) is 0. The Hall–Kier alpha value is 1.45. The van der Waals surface area contributed by atoms with E-state index in [-0.39, 0.29) is 0 Å². The summed E-state index contributed by atoms with van der Waals surface area (Å²) in [6.07, 6.45) is 0. The fourth-order valence-electron chi connectivity index (χ4n) is 0.109. The van der Waals surface area contributed by atoms with Crippen molar-refractivity contribution in [3.05, 3.63) is 0 Å². The summed E-state index contributed by atoms with van der Waals surface area (Å²) < 4.78 is 10.3. The Morgan fingerprint density at radius 3 is 1.75 bits per heavy atom. The van der Waals surface area contributed by atoms with Crippen LogP contribution in [-0.4, -0.2) is 15.5 Å². The Balaban J connectivity index is 3.52. The van der Waals surface area contributed by atoms with E-state index < -0.39 is 16.8 Å². The van der Waals surface area contributed by atoms with Gasteiger partial charge in [0.1, 0.15) is 9.63 Å². The van der Waals surface area contributed by atoms with Crippen LogP contribution in [0.2, 0.25) is 0 Å². The van der Waals surface area contributed by atoms with Crippen LogP contribution in [-0.2, 0) is 9.63 Å². The van der Waals surface area contributed by atoms with Crippen LogP contribution < -0.4 is 0 Å². The van der Waals surface area contributed by atoms with E-state index >= 15 is 0 Å². The molecule has 8 heavy (non-hydrogen) atoms. The number of rotatable bonds is 3. The Kier molecular flexibility index (Phi) is 6.20. The van der Waals surface area contributed by atoms with Gasteiger partial charge in [-0.1, -0.05) is 0 Å². The Morgan fingerprint density at radius 1 is 1.38 bits per heavy atom. The van der Waals surface area contributed by atoms with Gasteiger partial charge in [-0.05, 0) is 10.7 Å². The van der Waals surface area contributed by atoms with Gasteiger partial charge in [-0.2, -0.15) is 0 Å². The highest BCUT2D eigenvalue weighted by Gasteiger charge is 2.09. The van der Waals surface area contributed by atoms with Crippen LogP contribution in [0.5, 0.6) is 0 Å². The molecule has 1 unspecified atom stereocenters. The van der Waals surface area contributed by atoms with Gasteiger partial charge in [0, 0.05) is 7.12 Å². The zero-order valence-corrected chi connectivity index (χ0v) is 7.79. The third kappa shape index (κ3) is 3.47. The highest BCUT2D eigenvalue weighted by Crippen LogP contribution is 2.43. The molecule has 0 aliphatic carbocycles. The van der Waals surface area contributed by atoms with Crippen molar-refractivity contribution in [1.82, 2.24) is 0 Å². The van der Waals surface area contributed by atoms with Crippen LogP contribution in [0.25, 0.3) is 0 Å². The summed E-state index contributed by atoms with van der Waals surface area (Å²) >= 11 is 10.7. The Labute approximate surface area is 66.1 Å². The van der Waals surface area contributed by atoms with Crippen molar-refractivity contribution >= 4 is 50.6 Å². The molecular formula is C2H4Cl3OPS. The van der Waals surface area contributed by atoms with Crippen molar-refractivity contribution in [2.75, 3.05) is 11.2 Å². The van der Waals surface area contributed by atoms with Gasteiger partial charge in [-0.15, -0.1) is 23.2 Å². The monoisotopic (exact) mass is 212 g/mol. The average Bonchev–Trinajstić information content (AvgIpc) is 1.69. The second kappa shape index (κ2) is 5.25. The van der Waals surface area contributed by atoms with Gasteiger partial charge in [0.05, 0.1) is 11.2 Å². The normalized spacial score (nSPS) is 14.5. The average molecular weight is 213 g/mol. The van der Waals surface area contributed by atoms with Crippen LogP contribution in [0.1, 0.15) is 0 Å². The lowest BCUT2D eigenvalue weighted by Gasteiger charge is -2.00. The number of hydrogen-bond donors (Lipinski definition) is 0. The first-order valence-corrected chi connectivity index (χ1v) is 7.03. The molecule has 0 aromatic heterocycles. The van der Waals surface area contributed by atoms with E-state index in [1.54, 1.807) is 0 Å². The smallest absolute Gasteiger partial charge is 0.138 e. The lowest BCUT2D eigenvalue weighted by atomic mass is 11.9. The lowest BCUT2D eigenvalue weighted by Crippen LogP contribution is -1.79. The van der Waals surface area contributed by atoms with Crippen LogP contribution >= 0.6 is 41.0 Å². The van der Waals surface area contributed by atoms with Gasteiger partial charge < -0.3 is 0 Å². The summed E-state index contributed by atoms with van der Waals surface area (Å²) in [4.78, 5) is 0. The number of hydrogen-bond acceptors (Lipinski definition) is 1. The zero-order valence-electron chi connectivity index (χ0n) is 3.81. The third-order valence-electron chi connectivity index (χ3n) is 0.470. The summed E-state index contributed by atoms with van der Waals surface area (Å²) in [5.41, 5.74) is 0.629. The quantitative estimate of drug-likeness (QED) is 0.400. The molecule has 0 aliphatic rings. The maximum Gasteiger partial charge on any atom is 0.138 e. The molecule has 0 aliphatic heterocycles. The SMILES string of the molecule is O=S(Cl)P(CCl)CCl. The lowest BCUT2D eigenvalue weighted by molar-refractivity contribution is 0.698. The van der Waals surface area contributed by atoms with E-state index in [0.29, 0.717) is 11.2 Å². The molecular weight excluding hydrogens is 209 g/mol. The Bertz CT molecular complexity index is 85.4. The largest absolute Gasteiger partial charge is 0.238 e. The van der Waals surface area contributed by atoms with Crippen molar-refractivity contribution in [2.45, 2.75) is 0 Å². The van der Waals surface area contributed by atoms with Crippen LogP contribution in [0, 0.1) is 0 Å². The van der Waals surface area contributed by atoms with Crippen molar-refractivity contribution in [3.63, 3.8) is 0 Å². The standard InChI is InChI=1S/C2H4Cl3OPS/c3-1-7(2-4)8(5)6/h1-2H2. The summed E-state index contributed by atoms with van der Waals surface area (Å²) in [5, 5.41) is 0. The minimum absolute atomic E-state index is 0.314. The Morgan fingerprint density at radius 2 is 1.75 bits per heavy atom. The molecule has 0 radical (unpaired) electrons. The van der Waals surface area contributed by atoms with E-state index in [4.69, 9.17) is 33.9 Å². The van der Waals surface area contributed by atoms with Crippen molar-refractivity contribution in [2.24, 2.45) is 0 Å². The molecule has 0 rings (SSSR count). The van der Waals surface area contributed by atoms with E-state index in [2.05, 4.69) is 0 Å². The van der Waals surface area contributed by atoms with Crippen molar-refractivity contribution in [3.8, 4) is 0 Å². The van der Waals surface area contributed by atoms with Crippen molar-refractivity contribution < 1.29 is 4.21 Å². The molecule has 0 heterocycles. The molecule has 0 aromatic rings. The highest BCUT2D eigenvalue weighted by atomic mass is 35.7. The van der Waals surface area contributed by atoms with Crippen LogP contribution in [0.3, 0.4) is 0 Å². The summed E-state index contributed by atoms with van der Waals surface area (Å²) in [6.45, 7) is 0. The maximum absolute atomic E-state index is 10.3. The third-order valence-corrected chi connectivity index (χ3v) is 7.74. The van der Waals surface area contributed by atoms with Gasteiger partial charge in [-0.25, -0.2) is 4.21 Å². The fraction of sp³-hybridized carbons (Fsp3) is 1.00. The van der Waals surface area contributed by atoms with Crippen molar-refractivity contribution in [1.29, 1.82) is 0 Å². The van der Waals surface area contributed by atoms with Gasteiger partial charge in [0.15, 0.2) is 0 Å². The molecule has 0 bridgehead atoms.